The number of anilines is 1. The molecule has 1 heterocycles. The minimum atomic E-state index is -1.07. The molecule has 0 saturated carbocycles. The molecule has 0 aliphatic carbocycles. The number of aryl methyl sites for hydroxylation is 1. The van der Waals surface area contributed by atoms with Crippen LogP contribution in [0.3, 0.4) is 0 Å². The molecule has 0 spiro atoms. The highest BCUT2D eigenvalue weighted by molar-refractivity contribution is 5.95. The van der Waals surface area contributed by atoms with Crippen LogP contribution in [0.1, 0.15) is 36.8 Å². The van der Waals surface area contributed by atoms with E-state index < -0.39 is 12.0 Å². The van der Waals surface area contributed by atoms with Crippen LogP contribution in [0.15, 0.2) is 12.3 Å². The molecule has 0 radical (unpaired) electrons. The summed E-state index contributed by atoms with van der Waals surface area (Å²) in [6.45, 7) is 8.57. The molecular formula is C14H21N3O3. The second kappa shape index (κ2) is 6.88. The summed E-state index contributed by atoms with van der Waals surface area (Å²) >= 11 is 0. The fraction of sp³-hybridized carbons (Fsp3) is 0.500. The number of hydrogen-bond acceptors (Lipinski definition) is 4. The molecule has 2 N–H and O–H groups in total. The topological polar surface area (TPSA) is 82.5 Å². The number of aromatic carboxylic acids is 1. The predicted octanol–water partition coefficient (Wildman–Crippen LogP) is 1.76. The molecule has 6 nitrogen and oxygen atoms in total. The number of carboxylic acids is 1. The van der Waals surface area contributed by atoms with Crippen molar-refractivity contribution >= 4 is 17.6 Å². The van der Waals surface area contributed by atoms with E-state index in [9.17, 15) is 9.59 Å². The first-order valence-corrected chi connectivity index (χ1v) is 6.65. The number of carbonyl (C=O) groups is 2. The van der Waals surface area contributed by atoms with E-state index in [0.29, 0.717) is 24.5 Å². The predicted molar refractivity (Wildman–Crippen MR) is 76.9 cm³/mol. The van der Waals surface area contributed by atoms with E-state index in [4.69, 9.17) is 5.11 Å². The van der Waals surface area contributed by atoms with E-state index in [0.717, 1.165) is 0 Å². The summed E-state index contributed by atoms with van der Waals surface area (Å²) in [6, 6.07) is 1.14. The molecule has 0 aliphatic rings. The molecule has 1 rings (SSSR count). The maximum atomic E-state index is 12.2. The van der Waals surface area contributed by atoms with Gasteiger partial charge in [-0.15, -0.1) is 0 Å². The van der Waals surface area contributed by atoms with Crippen LogP contribution < -0.4 is 5.32 Å². The molecule has 1 aromatic rings. The van der Waals surface area contributed by atoms with E-state index in [1.54, 1.807) is 24.8 Å². The van der Waals surface area contributed by atoms with E-state index in [1.165, 1.54) is 6.20 Å². The molecule has 0 aromatic carbocycles. The van der Waals surface area contributed by atoms with Crippen LogP contribution in [0.25, 0.3) is 0 Å². The molecule has 1 atom stereocenters. The summed E-state index contributed by atoms with van der Waals surface area (Å²) in [4.78, 5) is 29.0. The summed E-state index contributed by atoms with van der Waals surface area (Å²) < 4.78 is 0. The zero-order valence-corrected chi connectivity index (χ0v) is 12.3. The third-order valence-corrected chi connectivity index (χ3v) is 3.09. The zero-order chi connectivity index (χ0) is 15.3. The van der Waals surface area contributed by atoms with Crippen molar-refractivity contribution in [3.05, 3.63) is 23.5 Å². The Morgan fingerprint density at radius 2 is 2.00 bits per heavy atom. The molecule has 6 heteroatoms. The standard InChI is InChI=1S/C14H21N3O3/c1-5-17(6-2)13(18)10(4)16-12-7-9(3)15-8-11(12)14(19)20/h7-8,10H,5-6H2,1-4H3,(H,15,16)(H,19,20). The lowest BCUT2D eigenvalue weighted by Gasteiger charge is -2.24. The molecule has 0 aliphatic heterocycles. The Hall–Kier alpha value is -2.11. The monoisotopic (exact) mass is 279 g/mol. The number of nitrogens with zero attached hydrogens (tertiary/aromatic N) is 2. The van der Waals surface area contributed by atoms with Gasteiger partial charge in [0.1, 0.15) is 11.6 Å². The van der Waals surface area contributed by atoms with Gasteiger partial charge in [-0.3, -0.25) is 9.78 Å². The zero-order valence-electron chi connectivity index (χ0n) is 12.3. The van der Waals surface area contributed by atoms with Gasteiger partial charge in [0.25, 0.3) is 0 Å². The first kappa shape index (κ1) is 15.9. The molecule has 1 amide bonds. The average Bonchev–Trinajstić information content (AvgIpc) is 2.39. The van der Waals surface area contributed by atoms with Crippen LogP contribution in [0.5, 0.6) is 0 Å². The Kier molecular flexibility index (Phi) is 5.49. The molecule has 1 aromatic heterocycles. The van der Waals surface area contributed by atoms with Gasteiger partial charge in [-0.25, -0.2) is 4.79 Å². The summed E-state index contributed by atoms with van der Waals surface area (Å²) in [7, 11) is 0. The fourth-order valence-corrected chi connectivity index (χ4v) is 1.95. The van der Waals surface area contributed by atoms with E-state index >= 15 is 0 Å². The van der Waals surface area contributed by atoms with Crippen LogP contribution in [0.4, 0.5) is 5.69 Å². The van der Waals surface area contributed by atoms with Gasteiger partial charge in [-0.05, 0) is 33.8 Å². The number of amides is 1. The van der Waals surface area contributed by atoms with Gasteiger partial charge in [0.2, 0.25) is 5.91 Å². The molecule has 0 bridgehead atoms. The highest BCUT2D eigenvalue weighted by atomic mass is 16.4. The maximum absolute atomic E-state index is 12.2. The maximum Gasteiger partial charge on any atom is 0.339 e. The first-order valence-electron chi connectivity index (χ1n) is 6.65. The summed E-state index contributed by atoms with van der Waals surface area (Å²) in [5.74, 6) is -1.12. The number of likely N-dealkylation sites (N-methyl/N-ethyl adjacent to an activating group) is 1. The molecule has 1 unspecified atom stereocenters. The van der Waals surface area contributed by atoms with Crippen molar-refractivity contribution in [2.75, 3.05) is 18.4 Å². The highest BCUT2D eigenvalue weighted by Crippen LogP contribution is 2.17. The quantitative estimate of drug-likeness (QED) is 0.829. The van der Waals surface area contributed by atoms with Crippen LogP contribution in [0.2, 0.25) is 0 Å². The van der Waals surface area contributed by atoms with E-state index in [-0.39, 0.29) is 11.5 Å². The number of rotatable bonds is 6. The summed E-state index contributed by atoms with van der Waals surface area (Å²) in [5.41, 5.74) is 1.17. The van der Waals surface area contributed by atoms with Crippen LogP contribution >= 0.6 is 0 Å². The second-order valence-corrected chi connectivity index (χ2v) is 4.55. The molecule has 20 heavy (non-hydrogen) atoms. The van der Waals surface area contributed by atoms with E-state index in [1.807, 2.05) is 13.8 Å². The Morgan fingerprint density at radius 1 is 1.40 bits per heavy atom. The van der Waals surface area contributed by atoms with Crippen molar-refractivity contribution in [3.8, 4) is 0 Å². The normalized spacial score (nSPS) is 11.8. The van der Waals surface area contributed by atoms with Gasteiger partial charge in [0.05, 0.1) is 5.69 Å². The van der Waals surface area contributed by atoms with Crippen molar-refractivity contribution in [1.82, 2.24) is 9.88 Å². The minimum absolute atomic E-state index is 0.0548. The Labute approximate surface area is 118 Å². The smallest absolute Gasteiger partial charge is 0.339 e. The van der Waals surface area contributed by atoms with Crippen molar-refractivity contribution < 1.29 is 14.7 Å². The Bertz CT molecular complexity index is 498. The number of carboxylic acid groups (broad SMARTS) is 1. The van der Waals surface area contributed by atoms with E-state index in [2.05, 4.69) is 10.3 Å². The molecular weight excluding hydrogens is 258 g/mol. The third-order valence-electron chi connectivity index (χ3n) is 3.09. The van der Waals surface area contributed by atoms with Gasteiger partial charge >= 0.3 is 5.97 Å². The Balaban J connectivity index is 2.95. The number of pyridine rings is 1. The lowest BCUT2D eigenvalue weighted by atomic mass is 10.1. The van der Waals surface area contributed by atoms with Crippen molar-refractivity contribution in [3.63, 3.8) is 0 Å². The second-order valence-electron chi connectivity index (χ2n) is 4.55. The van der Waals surface area contributed by atoms with Gasteiger partial charge in [-0.2, -0.15) is 0 Å². The van der Waals surface area contributed by atoms with Gasteiger partial charge in [-0.1, -0.05) is 0 Å². The van der Waals surface area contributed by atoms with Gasteiger partial charge in [0, 0.05) is 25.0 Å². The van der Waals surface area contributed by atoms with Crippen LogP contribution in [0, 0.1) is 6.92 Å². The lowest BCUT2D eigenvalue weighted by molar-refractivity contribution is -0.131. The SMILES string of the molecule is CCN(CC)C(=O)C(C)Nc1cc(C)ncc1C(=O)O. The van der Waals surface area contributed by atoms with Gasteiger partial charge < -0.3 is 15.3 Å². The van der Waals surface area contributed by atoms with Gasteiger partial charge in [0.15, 0.2) is 0 Å². The molecule has 0 saturated heterocycles. The fourth-order valence-electron chi connectivity index (χ4n) is 1.95. The number of nitrogens with one attached hydrogen (secondary N) is 1. The highest BCUT2D eigenvalue weighted by Gasteiger charge is 2.20. The molecule has 0 fully saturated rings. The van der Waals surface area contributed by atoms with Crippen LogP contribution in [-0.4, -0.2) is 46.0 Å². The average molecular weight is 279 g/mol. The minimum Gasteiger partial charge on any atom is -0.478 e. The van der Waals surface area contributed by atoms with Crippen LogP contribution in [-0.2, 0) is 4.79 Å². The first-order chi connectivity index (χ1) is 9.40. The summed E-state index contributed by atoms with van der Waals surface area (Å²) in [6.07, 6.45) is 1.30. The lowest BCUT2D eigenvalue weighted by Crippen LogP contribution is -2.41. The summed E-state index contributed by atoms with van der Waals surface area (Å²) in [5, 5.41) is 12.1. The van der Waals surface area contributed by atoms with Crippen molar-refractivity contribution in [2.45, 2.75) is 33.7 Å². The Morgan fingerprint density at radius 3 is 2.50 bits per heavy atom. The number of carbonyl (C=O) groups excluding carboxylic acids is 1. The van der Waals surface area contributed by atoms with Crippen molar-refractivity contribution in [2.24, 2.45) is 0 Å². The number of aromatic nitrogens is 1. The molecule has 110 valence electrons. The third kappa shape index (κ3) is 3.69. The largest absolute Gasteiger partial charge is 0.478 e. The van der Waals surface area contributed by atoms with Crippen molar-refractivity contribution in [1.29, 1.82) is 0 Å². The number of hydrogen-bond donors (Lipinski definition) is 2.